The van der Waals surface area contributed by atoms with Gasteiger partial charge in [0.05, 0.1) is 17.4 Å². The van der Waals surface area contributed by atoms with Crippen LogP contribution in [0.15, 0.2) is 42.6 Å². The molecule has 2 aromatic rings. The predicted octanol–water partition coefficient (Wildman–Crippen LogP) is 5.12. The van der Waals surface area contributed by atoms with E-state index in [0.29, 0.717) is 6.04 Å². The molecule has 1 aliphatic rings. The fraction of sp³-hybridized carbons (Fsp3) is 0.400. The Kier molecular flexibility index (Phi) is 5.68. The zero-order valence-corrected chi connectivity index (χ0v) is 15.1. The summed E-state index contributed by atoms with van der Waals surface area (Å²) in [7, 11) is 0. The van der Waals surface area contributed by atoms with Crippen molar-refractivity contribution in [1.82, 2.24) is 4.98 Å². The highest BCUT2D eigenvalue weighted by atomic mass is 19.4. The molecule has 1 saturated heterocycles. The summed E-state index contributed by atoms with van der Waals surface area (Å²) in [6, 6.07) is 8.49. The first-order chi connectivity index (χ1) is 12.9. The predicted molar refractivity (Wildman–Crippen MR) is 98.9 cm³/mol. The topological polar surface area (TPSA) is 45.2 Å². The van der Waals surface area contributed by atoms with Crippen molar-refractivity contribution in [3.05, 3.63) is 53.9 Å². The fourth-order valence-corrected chi connectivity index (χ4v) is 3.42. The molecule has 1 fully saturated rings. The molecule has 1 unspecified atom stereocenters. The van der Waals surface area contributed by atoms with Gasteiger partial charge in [-0.15, -0.1) is 0 Å². The number of rotatable bonds is 4. The van der Waals surface area contributed by atoms with E-state index in [4.69, 9.17) is 0 Å². The highest BCUT2D eigenvalue weighted by molar-refractivity contribution is 6.03. The number of aromatic nitrogens is 1. The number of nitrogens with zero attached hydrogens (tertiary/aromatic N) is 2. The number of piperidine rings is 1. The second kappa shape index (κ2) is 7.98. The van der Waals surface area contributed by atoms with E-state index >= 15 is 0 Å². The maximum Gasteiger partial charge on any atom is 0.416 e. The second-order valence-corrected chi connectivity index (χ2v) is 6.69. The van der Waals surface area contributed by atoms with Gasteiger partial charge in [0.25, 0.3) is 5.91 Å². The van der Waals surface area contributed by atoms with Crippen molar-refractivity contribution in [3.63, 3.8) is 0 Å². The molecule has 1 atom stereocenters. The summed E-state index contributed by atoms with van der Waals surface area (Å²) in [6.45, 7) is 3.13. The van der Waals surface area contributed by atoms with Crippen LogP contribution in [-0.4, -0.2) is 23.5 Å². The molecule has 1 aromatic heterocycles. The van der Waals surface area contributed by atoms with Crippen molar-refractivity contribution in [2.24, 2.45) is 0 Å². The van der Waals surface area contributed by atoms with Crippen molar-refractivity contribution in [2.75, 3.05) is 16.8 Å². The van der Waals surface area contributed by atoms with E-state index in [1.807, 2.05) is 6.07 Å². The number of halogens is 3. The molecule has 3 rings (SSSR count). The molecule has 144 valence electrons. The minimum atomic E-state index is -4.45. The molecule has 1 aliphatic heterocycles. The number of hydrogen-bond acceptors (Lipinski definition) is 3. The summed E-state index contributed by atoms with van der Waals surface area (Å²) in [4.78, 5) is 18.8. The smallest absolute Gasteiger partial charge is 0.367 e. The Morgan fingerprint density at radius 1 is 1.26 bits per heavy atom. The average molecular weight is 377 g/mol. The van der Waals surface area contributed by atoms with Gasteiger partial charge in [-0.25, -0.2) is 4.98 Å². The van der Waals surface area contributed by atoms with Gasteiger partial charge in [0.2, 0.25) is 0 Å². The largest absolute Gasteiger partial charge is 0.416 e. The third kappa shape index (κ3) is 4.59. The highest BCUT2D eigenvalue weighted by Crippen LogP contribution is 2.31. The van der Waals surface area contributed by atoms with Crippen LogP contribution in [0.5, 0.6) is 0 Å². The maximum absolute atomic E-state index is 12.8. The number of carbonyl (C=O) groups excluding carboxylic acids is 1. The van der Waals surface area contributed by atoms with Crippen molar-refractivity contribution in [2.45, 2.75) is 44.8 Å². The normalized spacial score (nSPS) is 17.6. The van der Waals surface area contributed by atoms with Crippen LogP contribution < -0.4 is 10.2 Å². The molecule has 0 radical (unpaired) electrons. The zero-order valence-electron chi connectivity index (χ0n) is 15.1. The lowest BCUT2D eigenvalue weighted by Gasteiger charge is -2.37. The third-order valence-corrected chi connectivity index (χ3v) is 4.86. The van der Waals surface area contributed by atoms with E-state index < -0.39 is 17.6 Å². The zero-order chi connectivity index (χ0) is 19.4. The van der Waals surface area contributed by atoms with E-state index in [0.717, 1.165) is 43.6 Å². The molecule has 27 heavy (non-hydrogen) atoms. The number of carbonyl (C=O) groups is 1. The summed E-state index contributed by atoms with van der Waals surface area (Å²) < 4.78 is 38.3. The fourth-order valence-electron chi connectivity index (χ4n) is 3.42. The lowest BCUT2D eigenvalue weighted by atomic mass is 9.99. The monoisotopic (exact) mass is 377 g/mol. The summed E-state index contributed by atoms with van der Waals surface area (Å²) in [5.74, 6) is -0.536. The van der Waals surface area contributed by atoms with E-state index in [1.54, 1.807) is 12.3 Å². The summed E-state index contributed by atoms with van der Waals surface area (Å²) in [6.07, 6.45) is 1.76. The van der Waals surface area contributed by atoms with E-state index in [1.165, 1.54) is 18.6 Å². The third-order valence-electron chi connectivity index (χ3n) is 4.86. The Morgan fingerprint density at radius 3 is 2.74 bits per heavy atom. The average Bonchev–Trinajstić information content (AvgIpc) is 2.67. The molecule has 0 bridgehead atoms. The van der Waals surface area contributed by atoms with E-state index in [9.17, 15) is 18.0 Å². The molecule has 1 N–H and O–H groups in total. The summed E-state index contributed by atoms with van der Waals surface area (Å²) >= 11 is 0. The Balaban J connectivity index is 1.71. The first-order valence-electron chi connectivity index (χ1n) is 9.10. The lowest BCUT2D eigenvalue weighted by molar-refractivity contribution is -0.137. The van der Waals surface area contributed by atoms with Crippen LogP contribution in [0.4, 0.5) is 24.5 Å². The molecule has 0 spiro atoms. The van der Waals surface area contributed by atoms with Gasteiger partial charge < -0.3 is 10.2 Å². The number of amides is 1. The molecular formula is C20H22F3N3O. The van der Waals surface area contributed by atoms with Crippen molar-refractivity contribution < 1.29 is 18.0 Å². The Labute approximate surface area is 156 Å². The van der Waals surface area contributed by atoms with Crippen LogP contribution in [0.3, 0.4) is 0 Å². The first-order valence-corrected chi connectivity index (χ1v) is 9.10. The quantitative estimate of drug-likeness (QED) is 0.804. The standard InChI is InChI=1S/C20H22F3N3O/c1-2-16-8-3-4-11-26(16)17-9-10-18(24-13-17)19(27)25-15-7-5-6-14(12-15)20(21,22)23/h5-7,9-10,12-13,16H,2-4,8,11H2,1H3,(H,25,27). The van der Waals surface area contributed by atoms with Crippen molar-refractivity contribution in [1.29, 1.82) is 0 Å². The molecule has 0 saturated carbocycles. The number of benzene rings is 1. The van der Waals surface area contributed by atoms with Crippen LogP contribution in [-0.2, 0) is 6.18 Å². The number of nitrogens with one attached hydrogen (secondary N) is 1. The number of hydrogen-bond donors (Lipinski definition) is 1. The Morgan fingerprint density at radius 2 is 2.07 bits per heavy atom. The van der Waals surface area contributed by atoms with Gasteiger partial charge in [0.15, 0.2) is 0 Å². The van der Waals surface area contributed by atoms with Gasteiger partial charge >= 0.3 is 6.18 Å². The first kappa shape index (κ1) is 19.2. The van der Waals surface area contributed by atoms with Gasteiger partial charge in [-0.1, -0.05) is 13.0 Å². The number of pyridine rings is 1. The molecule has 1 amide bonds. The van der Waals surface area contributed by atoms with Crippen molar-refractivity contribution in [3.8, 4) is 0 Å². The Hall–Kier alpha value is -2.57. The van der Waals surface area contributed by atoms with Gasteiger partial charge in [0.1, 0.15) is 5.69 Å². The molecular weight excluding hydrogens is 355 g/mol. The van der Waals surface area contributed by atoms with Crippen LogP contribution in [0.25, 0.3) is 0 Å². The van der Waals surface area contributed by atoms with Crippen LogP contribution in [0.2, 0.25) is 0 Å². The number of anilines is 2. The molecule has 0 aliphatic carbocycles. The second-order valence-electron chi connectivity index (χ2n) is 6.69. The molecule has 4 nitrogen and oxygen atoms in total. The number of alkyl halides is 3. The van der Waals surface area contributed by atoms with Gasteiger partial charge in [-0.2, -0.15) is 13.2 Å². The van der Waals surface area contributed by atoms with Gasteiger partial charge in [-0.05, 0) is 56.0 Å². The summed E-state index contributed by atoms with van der Waals surface area (Å²) in [5.41, 5.74) is 0.417. The Bertz CT molecular complexity index is 790. The molecule has 7 heteroatoms. The highest BCUT2D eigenvalue weighted by Gasteiger charge is 2.30. The van der Waals surface area contributed by atoms with Crippen LogP contribution in [0, 0.1) is 0 Å². The SMILES string of the molecule is CCC1CCCCN1c1ccc(C(=O)Nc2cccc(C(F)(F)F)c2)nc1. The van der Waals surface area contributed by atoms with Crippen LogP contribution >= 0.6 is 0 Å². The summed E-state index contributed by atoms with van der Waals surface area (Å²) in [5, 5.41) is 2.47. The van der Waals surface area contributed by atoms with Crippen LogP contribution in [0.1, 0.15) is 48.7 Å². The maximum atomic E-state index is 12.8. The lowest BCUT2D eigenvalue weighted by Crippen LogP contribution is -2.39. The van der Waals surface area contributed by atoms with Crippen molar-refractivity contribution >= 4 is 17.3 Å². The van der Waals surface area contributed by atoms with Gasteiger partial charge in [0, 0.05) is 18.3 Å². The minimum absolute atomic E-state index is 0.0859. The van der Waals surface area contributed by atoms with E-state index in [-0.39, 0.29) is 11.4 Å². The van der Waals surface area contributed by atoms with Gasteiger partial charge in [-0.3, -0.25) is 4.79 Å². The molecule has 2 heterocycles. The minimum Gasteiger partial charge on any atom is -0.367 e. The molecule has 1 aromatic carbocycles. The van der Waals surface area contributed by atoms with E-state index in [2.05, 4.69) is 22.1 Å².